The molecule has 0 bridgehead atoms. The average molecular weight is 254 g/mol. The predicted octanol–water partition coefficient (Wildman–Crippen LogP) is 2.22. The van der Waals surface area contributed by atoms with Crippen LogP contribution >= 0.6 is 15.9 Å². The van der Waals surface area contributed by atoms with E-state index in [1.807, 2.05) is 20.8 Å². The first-order chi connectivity index (χ1) is 6.38. The number of aromatic nitrogens is 2. The number of nitrogens with zero attached hydrogens (tertiary/aromatic N) is 2. The maximum atomic E-state index is 5.62. The average Bonchev–Trinajstić information content (AvgIpc) is 2.05. The molecule has 0 radical (unpaired) electrons. The second-order valence-electron chi connectivity index (χ2n) is 3.93. The van der Waals surface area contributed by atoms with Crippen LogP contribution in [-0.4, -0.2) is 9.97 Å². The smallest absolute Gasteiger partial charge is 0.158 e. The normalized spacial score (nSPS) is 10.6. The van der Waals surface area contributed by atoms with E-state index in [1.165, 1.54) is 0 Å². The standard InChI is InChI=1S/C10H12BrN3/c1-10(2,3)5-4-7-9(12)13-6-8(11)14-7/h6H,1-3H3,(H2,12,13). The van der Waals surface area contributed by atoms with E-state index in [9.17, 15) is 0 Å². The number of nitrogens with two attached hydrogens (primary N) is 1. The van der Waals surface area contributed by atoms with Crippen molar-refractivity contribution in [3.8, 4) is 11.8 Å². The molecule has 1 heterocycles. The van der Waals surface area contributed by atoms with E-state index in [2.05, 4.69) is 37.7 Å². The Morgan fingerprint density at radius 1 is 1.43 bits per heavy atom. The van der Waals surface area contributed by atoms with Crippen molar-refractivity contribution in [2.75, 3.05) is 5.73 Å². The van der Waals surface area contributed by atoms with Gasteiger partial charge in [0.25, 0.3) is 0 Å². The summed E-state index contributed by atoms with van der Waals surface area (Å²) in [6.07, 6.45) is 1.55. The third-order valence-corrected chi connectivity index (χ3v) is 1.71. The number of hydrogen-bond donors (Lipinski definition) is 1. The van der Waals surface area contributed by atoms with Crippen LogP contribution in [0.1, 0.15) is 26.5 Å². The zero-order valence-electron chi connectivity index (χ0n) is 8.43. The van der Waals surface area contributed by atoms with Crippen molar-refractivity contribution >= 4 is 21.7 Å². The number of hydrogen-bond acceptors (Lipinski definition) is 3. The van der Waals surface area contributed by atoms with Gasteiger partial charge in [-0.1, -0.05) is 5.92 Å². The molecule has 1 aromatic rings. The largest absolute Gasteiger partial charge is 0.381 e. The van der Waals surface area contributed by atoms with Gasteiger partial charge in [-0.25, -0.2) is 9.97 Å². The van der Waals surface area contributed by atoms with Crippen LogP contribution < -0.4 is 5.73 Å². The summed E-state index contributed by atoms with van der Waals surface area (Å²) in [6.45, 7) is 6.09. The highest BCUT2D eigenvalue weighted by Crippen LogP contribution is 2.13. The lowest BCUT2D eigenvalue weighted by molar-refractivity contribution is 0.571. The topological polar surface area (TPSA) is 51.8 Å². The van der Waals surface area contributed by atoms with Gasteiger partial charge in [0, 0.05) is 5.41 Å². The van der Waals surface area contributed by atoms with Crippen molar-refractivity contribution in [2.45, 2.75) is 20.8 Å². The molecule has 0 unspecified atom stereocenters. The number of nitrogen functional groups attached to an aromatic ring is 1. The molecular weight excluding hydrogens is 242 g/mol. The van der Waals surface area contributed by atoms with Crippen LogP contribution in [0.2, 0.25) is 0 Å². The van der Waals surface area contributed by atoms with E-state index in [1.54, 1.807) is 6.20 Å². The van der Waals surface area contributed by atoms with Gasteiger partial charge >= 0.3 is 0 Å². The van der Waals surface area contributed by atoms with Crippen LogP contribution in [0.3, 0.4) is 0 Å². The van der Waals surface area contributed by atoms with Gasteiger partial charge in [0.2, 0.25) is 0 Å². The third kappa shape index (κ3) is 3.35. The highest BCUT2D eigenvalue weighted by Gasteiger charge is 2.05. The highest BCUT2D eigenvalue weighted by molar-refractivity contribution is 9.10. The van der Waals surface area contributed by atoms with Crippen LogP contribution in [0.5, 0.6) is 0 Å². The zero-order valence-corrected chi connectivity index (χ0v) is 10.0. The first-order valence-electron chi connectivity index (χ1n) is 4.20. The monoisotopic (exact) mass is 253 g/mol. The summed E-state index contributed by atoms with van der Waals surface area (Å²) in [5.74, 6) is 6.33. The fourth-order valence-electron chi connectivity index (χ4n) is 0.716. The maximum absolute atomic E-state index is 5.62. The van der Waals surface area contributed by atoms with Crippen LogP contribution in [0, 0.1) is 17.3 Å². The molecule has 4 heteroatoms. The molecule has 0 aliphatic heterocycles. The number of rotatable bonds is 0. The molecule has 0 aliphatic carbocycles. The van der Waals surface area contributed by atoms with Crippen molar-refractivity contribution in [1.29, 1.82) is 0 Å². The van der Waals surface area contributed by atoms with E-state index in [0.717, 1.165) is 0 Å². The molecule has 0 spiro atoms. The fourth-order valence-corrected chi connectivity index (χ4v) is 0.995. The highest BCUT2D eigenvalue weighted by atomic mass is 79.9. The summed E-state index contributed by atoms with van der Waals surface area (Å²) in [5.41, 5.74) is 6.09. The Morgan fingerprint density at radius 3 is 2.64 bits per heavy atom. The minimum Gasteiger partial charge on any atom is -0.381 e. The van der Waals surface area contributed by atoms with Crippen LogP contribution in [0.25, 0.3) is 0 Å². The lowest BCUT2D eigenvalue weighted by Gasteiger charge is -2.06. The van der Waals surface area contributed by atoms with Gasteiger partial charge in [0.05, 0.1) is 6.20 Å². The molecule has 14 heavy (non-hydrogen) atoms. The summed E-state index contributed by atoms with van der Waals surface area (Å²) >= 11 is 3.22. The van der Waals surface area contributed by atoms with Gasteiger partial charge < -0.3 is 5.73 Å². The van der Waals surface area contributed by atoms with E-state index in [-0.39, 0.29) is 5.41 Å². The molecule has 74 valence electrons. The third-order valence-electron chi connectivity index (χ3n) is 1.33. The summed E-state index contributed by atoms with van der Waals surface area (Å²) in [5, 5.41) is 0. The Hall–Kier alpha value is -1.08. The second kappa shape index (κ2) is 3.97. The van der Waals surface area contributed by atoms with Crippen molar-refractivity contribution in [1.82, 2.24) is 9.97 Å². The predicted molar refractivity (Wildman–Crippen MR) is 60.5 cm³/mol. The van der Waals surface area contributed by atoms with Crippen molar-refractivity contribution in [3.63, 3.8) is 0 Å². The molecule has 0 aliphatic rings. The maximum Gasteiger partial charge on any atom is 0.158 e. The lowest BCUT2D eigenvalue weighted by Crippen LogP contribution is -2.02. The Kier molecular flexibility index (Phi) is 3.12. The van der Waals surface area contributed by atoms with Gasteiger partial charge in [0.15, 0.2) is 11.5 Å². The Morgan fingerprint density at radius 2 is 2.07 bits per heavy atom. The van der Waals surface area contributed by atoms with E-state index in [0.29, 0.717) is 16.1 Å². The van der Waals surface area contributed by atoms with Crippen molar-refractivity contribution in [2.24, 2.45) is 5.41 Å². The van der Waals surface area contributed by atoms with Crippen LogP contribution in [-0.2, 0) is 0 Å². The molecule has 3 nitrogen and oxygen atoms in total. The molecular formula is C10H12BrN3. The first kappa shape index (κ1) is 11.0. The van der Waals surface area contributed by atoms with E-state index in [4.69, 9.17) is 5.73 Å². The molecule has 2 N–H and O–H groups in total. The van der Waals surface area contributed by atoms with Gasteiger partial charge in [-0.3, -0.25) is 0 Å². The quantitative estimate of drug-likeness (QED) is 0.722. The van der Waals surface area contributed by atoms with Gasteiger partial charge in [-0.2, -0.15) is 0 Å². The summed E-state index contributed by atoms with van der Waals surface area (Å²) < 4.78 is 0.643. The minimum atomic E-state index is -0.0591. The molecule has 0 fully saturated rings. The van der Waals surface area contributed by atoms with Crippen molar-refractivity contribution in [3.05, 3.63) is 16.5 Å². The Labute approximate surface area is 92.3 Å². The van der Waals surface area contributed by atoms with E-state index >= 15 is 0 Å². The molecule has 0 aromatic carbocycles. The minimum absolute atomic E-state index is 0.0591. The molecule has 1 aromatic heterocycles. The SMILES string of the molecule is CC(C)(C)C#Cc1nc(Br)cnc1N. The lowest BCUT2D eigenvalue weighted by atomic mass is 9.98. The molecule has 0 saturated carbocycles. The van der Waals surface area contributed by atoms with Crippen molar-refractivity contribution < 1.29 is 0 Å². The summed E-state index contributed by atoms with van der Waals surface area (Å²) in [4.78, 5) is 8.08. The van der Waals surface area contributed by atoms with Crippen LogP contribution in [0.4, 0.5) is 5.82 Å². The molecule has 0 atom stereocenters. The summed E-state index contributed by atoms with van der Waals surface area (Å²) in [6, 6.07) is 0. The summed E-state index contributed by atoms with van der Waals surface area (Å²) in [7, 11) is 0. The fraction of sp³-hybridized carbons (Fsp3) is 0.400. The van der Waals surface area contributed by atoms with Crippen LogP contribution in [0.15, 0.2) is 10.8 Å². The van der Waals surface area contributed by atoms with E-state index < -0.39 is 0 Å². The number of halogens is 1. The van der Waals surface area contributed by atoms with Gasteiger partial charge in [-0.15, -0.1) is 0 Å². The van der Waals surface area contributed by atoms with Gasteiger partial charge in [-0.05, 0) is 42.6 Å². The molecule has 0 saturated heterocycles. The first-order valence-corrected chi connectivity index (χ1v) is 4.99. The number of anilines is 1. The zero-order chi connectivity index (χ0) is 10.8. The second-order valence-corrected chi connectivity index (χ2v) is 4.74. The van der Waals surface area contributed by atoms with Gasteiger partial charge in [0.1, 0.15) is 4.60 Å². The Bertz CT molecular complexity index is 396. The molecule has 1 rings (SSSR count). The molecule has 0 amide bonds. The Balaban J connectivity index is 3.06.